The van der Waals surface area contributed by atoms with E-state index in [4.69, 9.17) is 8.83 Å². The third-order valence-electron chi connectivity index (χ3n) is 13.4. The molecule has 0 fully saturated rings. The standard InChI is InChI=1S/C54H37NO2/c1-2-32-22-25-35(26-23-32)55(36-27-24-33-12-11-13-34(33)30-36)46-31-45-51(53-49(46)41-17-6-10-21-48(41)57-53)50-44(29-28-40-39-16-5-9-20-47(39)56-52(40)50)54(45)42-18-7-3-14-37(42)38-15-4-8-19-43(38)54/h3-10,14-31H,2,11-13H2,1H3. The smallest absolute Gasteiger partial charge is 0.145 e. The molecule has 8 aromatic carbocycles. The SMILES string of the molecule is CCc1ccc(N(c2ccc3c(c2)CCC3)c2cc3c(c4oc5ccccc5c24)-c2c(ccc4c2oc2ccccc24)C32c3ccccc3-c3ccccc32)cc1. The molecule has 3 nitrogen and oxygen atoms in total. The third-order valence-corrected chi connectivity index (χ3v) is 13.4. The van der Waals surface area contributed by atoms with E-state index in [1.54, 1.807) is 0 Å². The Morgan fingerprint density at radius 1 is 0.509 bits per heavy atom. The van der Waals surface area contributed by atoms with Crippen molar-refractivity contribution in [3.63, 3.8) is 0 Å². The van der Waals surface area contributed by atoms with Crippen LogP contribution in [0.15, 0.2) is 167 Å². The summed E-state index contributed by atoms with van der Waals surface area (Å²) in [6.45, 7) is 2.22. The number of nitrogens with zero attached hydrogens (tertiary/aromatic N) is 1. The van der Waals surface area contributed by atoms with Crippen molar-refractivity contribution in [3.05, 3.63) is 197 Å². The molecule has 0 N–H and O–H groups in total. The van der Waals surface area contributed by atoms with Crippen molar-refractivity contribution in [1.82, 2.24) is 0 Å². The molecule has 0 atom stereocenters. The zero-order chi connectivity index (χ0) is 37.4. The molecule has 3 aliphatic carbocycles. The summed E-state index contributed by atoms with van der Waals surface area (Å²) in [6, 6.07) is 58.6. The number of benzene rings is 8. The molecule has 2 heterocycles. The van der Waals surface area contributed by atoms with Gasteiger partial charge in [0.15, 0.2) is 0 Å². The predicted octanol–water partition coefficient (Wildman–Crippen LogP) is 14.3. The second kappa shape index (κ2) is 11.4. The number of para-hydroxylation sites is 2. The van der Waals surface area contributed by atoms with Gasteiger partial charge < -0.3 is 13.7 Å². The van der Waals surface area contributed by atoms with Crippen LogP contribution in [0.3, 0.4) is 0 Å². The highest BCUT2D eigenvalue weighted by molar-refractivity contribution is 6.23. The van der Waals surface area contributed by atoms with E-state index in [1.807, 2.05) is 0 Å². The molecule has 0 radical (unpaired) electrons. The highest BCUT2D eigenvalue weighted by atomic mass is 16.3. The van der Waals surface area contributed by atoms with Crippen LogP contribution < -0.4 is 4.90 Å². The lowest BCUT2D eigenvalue weighted by Gasteiger charge is -2.32. The predicted molar refractivity (Wildman–Crippen MR) is 233 cm³/mol. The largest absolute Gasteiger partial charge is 0.455 e. The van der Waals surface area contributed by atoms with E-state index in [0.717, 1.165) is 85.6 Å². The van der Waals surface area contributed by atoms with Gasteiger partial charge in [0.25, 0.3) is 0 Å². The van der Waals surface area contributed by atoms with Gasteiger partial charge in [-0.2, -0.15) is 0 Å². The molecule has 0 unspecified atom stereocenters. The van der Waals surface area contributed by atoms with Crippen molar-refractivity contribution < 1.29 is 8.83 Å². The molecule has 0 amide bonds. The minimum atomic E-state index is -0.609. The number of hydrogen-bond acceptors (Lipinski definition) is 3. The number of furan rings is 2. The molecular weight excluding hydrogens is 695 g/mol. The maximum Gasteiger partial charge on any atom is 0.145 e. The Morgan fingerprint density at radius 2 is 1.14 bits per heavy atom. The zero-order valence-electron chi connectivity index (χ0n) is 31.6. The molecule has 270 valence electrons. The summed E-state index contributed by atoms with van der Waals surface area (Å²) in [5, 5.41) is 4.46. The first-order valence-corrected chi connectivity index (χ1v) is 20.4. The molecule has 0 saturated carbocycles. The summed E-state index contributed by atoms with van der Waals surface area (Å²) >= 11 is 0. The highest BCUT2D eigenvalue weighted by Crippen LogP contribution is 2.66. The maximum atomic E-state index is 7.26. The van der Waals surface area contributed by atoms with Crippen LogP contribution in [0.1, 0.15) is 52.3 Å². The third kappa shape index (κ3) is 4.01. The van der Waals surface area contributed by atoms with Gasteiger partial charge in [-0.15, -0.1) is 0 Å². The van der Waals surface area contributed by atoms with E-state index in [0.29, 0.717) is 0 Å². The minimum absolute atomic E-state index is 0.609. The van der Waals surface area contributed by atoms with Gasteiger partial charge in [0, 0.05) is 38.7 Å². The molecule has 0 bridgehead atoms. The van der Waals surface area contributed by atoms with Crippen molar-refractivity contribution in [2.24, 2.45) is 0 Å². The Balaban J connectivity index is 1.24. The molecule has 13 rings (SSSR count). The molecule has 10 aromatic rings. The van der Waals surface area contributed by atoms with E-state index >= 15 is 0 Å². The Bertz CT molecular complexity index is 3280. The van der Waals surface area contributed by atoms with Gasteiger partial charge in [0.05, 0.1) is 16.5 Å². The van der Waals surface area contributed by atoms with Crippen LogP contribution in [0.5, 0.6) is 0 Å². The molecule has 3 heteroatoms. The Hall–Kier alpha value is -6.84. The monoisotopic (exact) mass is 731 g/mol. The normalized spacial score (nSPS) is 14.4. The summed E-state index contributed by atoms with van der Waals surface area (Å²) in [6.07, 6.45) is 4.45. The fraction of sp³-hybridized carbons (Fsp3) is 0.111. The highest BCUT2D eigenvalue weighted by Gasteiger charge is 2.54. The Kier molecular flexibility index (Phi) is 6.26. The fourth-order valence-electron chi connectivity index (χ4n) is 10.9. The van der Waals surface area contributed by atoms with E-state index < -0.39 is 5.41 Å². The first-order chi connectivity index (χ1) is 28.2. The molecular formula is C54H37NO2. The molecule has 3 aliphatic rings. The fourth-order valence-corrected chi connectivity index (χ4v) is 10.9. The van der Waals surface area contributed by atoms with Crippen molar-refractivity contribution in [2.45, 2.75) is 38.0 Å². The average Bonchev–Trinajstić information content (AvgIpc) is 4.08. The van der Waals surface area contributed by atoms with Crippen molar-refractivity contribution in [1.29, 1.82) is 0 Å². The summed E-state index contributed by atoms with van der Waals surface area (Å²) < 4.78 is 14.2. The second-order valence-electron chi connectivity index (χ2n) is 16.1. The van der Waals surface area contributed by atoms with Crippen LogP contribution in [0.2, 0.25) is 0 Å². The minimum Gasteiger partial charge on any atom is -0.455 e. The lowest BCUT2D eigenvalue weighted by Crippen LogP contribution is -2.26. The number of fused-ring (bicyclic) bond motifs is 19. The molecule has 57 heavy (non-hydrogen) atoms. The topological polar surface area (TPSA) is 29.5 Å². The zero-order valence-corrected chi connectivity index (χ0v) is 31.6. The number of aryl methyl sites for hydroxylation is 3. The van der Waals surface area contributed by atoms with E-state index in [9.17, 15) is 0 Å². The van der Waals surface area contributed by atoms with Gasteiger partial charge in [-0.1, -0.05) is 122 Å². The average molecular weight is 732 g/mol. The van der Waals surface area contributed by atoms with Gasteiger partial charge in [-0.25, -0.2) is 0 Å². The number of rotatable bonds is 4. The lowest BCUT2D eigenvalue weighted by molar-refractivity contribution is 0.665. The number of anilines is 3. The van der Waals surface area contributed by atoms with Gasteiger partial charge >= 0.3 is 0 Å². The van der Waals surface area contributed by atoms with Gasteiger partial charge in [-0.3, -0.25) is 0 Å². The summed E-state index contributed by atoms with van der Waals surface area (Å²) in [5.41, 5.74) is 20.5. The van der Waals surface area contributed by atoms with Gasteiger partial charge in [0.2, 0.25) is 0 Å². The summed E-state index contributed by atoms with van der Waals surface area (Å²) in [4.78, 5) is 2.50. The van der Waals surface area contributed by atoms with Crippen LogP contribution in [-0.4, -0.2) is 0 Å². The first-order valence-electron chi connectivity index (χ1n) is 20.4. The van der Waals surface area contributed by atoms with Crippen LogP contribution >= 0.6 is 0 Å². The van der Waals surface area contributed by atoms with E-state index in [-0.39, 0.29) is 0 Å². The first kappa shape index (κ1) is 31.4. The van der Waals surface area contributed by atoms with Crippen molar-refractivity contribution in [3.8, 4) is 22.3 Å². The van der Waals surface area contributed by atoms with Crippen LogP contribution in [-0.2, 0) is 24.7 Å². The lowest BCUT2D eigenvalue weighted by atomic mass is 9.70. The summed E-state index contributed by atoms with van der Waals surface area (Å²) in [5.74, 6) is 0. The van der Waals surface area contributed by atoms with E-state index in [1.165, 1.54) is 62.2 Å². The number of hydrogen-bond donors (Lipinski definition) is 0. The molecule has 0 aliphatic heterocycles. The van der Waals surface area contributed by atoms with Crippen LogP contribution in [0, 0.1) is 0 Å². The van der Waals surface area contributed by atoms with E-state index in [2.05, 4.69) is 170 Å². The van der Waals surface area contributed by atoms with Crippen molar-refractivity contribution in [2.75, 3.05) is 4.90 Å². The summed E-state index contributed by atoms with van der Waals surface area (Å²) in [7, 11) is 0. The molecule has 2 aromatic heterocycles. The van der Waals surface area contributed by atoms with Crippen LogP contribution in [0.25, 0.3) is 66.1 Å². The van der Waals surface area contributed by atoms with Gasteiger partial charge in [-0.05, 0) is 118 Å². The Labute approximate surface area is 330 Å². The van der Waals surface area contributed by atoms with Crippen LogP contribution in [0.4, 0.5) is 17.1 Å². The molecule has 0 saturated heterocycles. The molecule has 1 spiro atoms. The Morgan fingerprint density at radius 3 is 1.91 bits per heavy atom. The van der Waals surface area contributed by atoms with Crippen molar-refractivity contribution >= 4 is 60.9 Å². The second-order valence-corrected chi connectivity index (χ2v) is 16.1. The maximum absolute atomic E-state index is 7.26. The van der Waals surface area contributed by atoms with Gasteiger partial charge in [0.1, 0.15) is 22.3 Å². The quantitative estimate of drug-likeness (QED) is 0.180.